The lowest BCUT2D eigenvalue weighted by atomic mass is 10.1. The fourth-order valence-corrected chi connectivity index (χ4v) is 5.94. The van der Waals surface area contributed by atoms with Crippen LogP contribution in [0.25, 0.3) is 11.2 Å². The van der Waals surface area contributed by atoms with Crippen molar-refractivity contribution in [1.82, 2.24) is 19.5 Å². The first kappa shape index (κ1) is 26.7. The number of esters is 1. The fraction of sp³-hybridized carbons (Fsp3) is 0.333. The molecule has 2 aromatic heterocycles. The van der Waals surface area contributed by atoms with Crippen LogP contribution in [0, 0.1) is 6.92 Å². The number of nitrogens with zero attached hydrogens (tertiary/aromatic N) is 4. The maximum Gasteiger partial charge on any atom is 0.479 e. The Bertz CT molecular complexity index is 1380. The highest BCUT2D eigenvalue weighted by Crippen LogP contribution is 2.58. The van der Waals surface area contributed by atoms with Crippen molar-refractivity contribution in [2.24, 2.45) is 0 Å². The van der Waals surface area contributed by atoms with E-state index in [4.69, 9.17) is 29.5 Å². The molecule has 0 aliphatic carbocycles. The monoisotopic (exact) mass is 561 g/mol. The van der Waals surface area contributed by atoms with E-state index >= 15 is 0 Å². The fourth-order valence-electron chi connectivity index (χ4n) is 3.58. The Kier molecular flexibility index (Phi) is 7.55. The number of aliphatic hydroxyl groups excluding tert-OH is 1. The highest BCUT2D eigenvalue weighted by Gasteiger charge is 2.49. The van der Waals surface area contributed by atoms with Crippen LogP contribution in [0.5, 0.6) is 0 Å². The molecule has 3 aromatic rings. The number of imidazole rings is 1. The van der Waals surface area contributed by atoms with E-state index in [9.17, 15) is 19.4 Å². The first-order valence-corrected chi connectivity index (χ1v) is 14.3. The molecule has 3 heterocycles. The Labute approximate surface area is 208 Å². The van der Waals surface area contributed by atoms with Gasteiger partial charge < -0.3 is 35.0 Å². The van der Waals surface area contributed by atoms with E-state index in [1.165, 1.54) is 17.2 Å². The lowest BCUT2D eigenvalue weighted by molar-refractivity contribution is -0.0557. The van der Waals surface area contributed by atoms with Crippen molar-refractivity contribution in [3.05, 3.63) is 48.0 Å². The average molecular weight is 561 g/mol. The number of aliphatic hydroxyl groups is 1. The molecule has 1 fully saturated rings. The maximum absolute atomic E-state index is 12.9. The van der Waals surface area contributed by atoms with E-state index in [-0.39, 0.29) is 22.5 Å². The number of anilines is 1. The Morgan fingerprint density at radius 2 is 1.97 bits per heavy atom. The molecule has 5 atom stereocenters. The number of nitrogen functional groups attached to an aromatic ring is 1. The number of fused-ring (bicyclic) bond motifs is 1. The van der Waals surface area contributed by atoms with Crippen LogP contribution in [-0.2, 0) is 34.7 Å². The second kappa shape index (κ2) is 10.2. The summed E-state index contributed by atoms with van der Waals surface area (Å²) in [6.45, 7) is -3.60. The zero-order chi connectivity index (χ0) is 26.3. The molecule has 4 rings (SSSR count). The molecular weight excluding hydrogens is 540 g/mol. The van der Waals surface area contributed by atoms with E-state index in [0.29, 0.717) is 5.56 Å². The van der Waals surface area contributed by atoms with Crippen molar-refractivity contribution in [1.29, 1.82) is 0 Å². The number of phosphoric ester groups is 1. The van der Waals surface area contributed by atoms with Crippen molar-refractivity contribution in [2.75, 3.05) is 12.3 Å². The molecule has 1 aliphatic rings. The number of ether oxygens (including phenoxy) is 2. The van der Waals surface area contributed by atoms with Crippen LogP contribution in [0.4, 0.5) is 5.82 Å². The number of carbonyl (C=O) groups excluding carboxylic acids is 1. The zero-order valence-electron chi connectivity index (χ0n) is 18.4. The summed E-state index contributed by atoms with van der Waals surface area (Å²) >= 11 is 4.17. The Hall–Kier alpha value is -2.36. The van der Waals surface area contributed by atoms with Crippen molar-refractivity contribution < 1.29 is 47.5 Å². The molecule has 0 spiro atoms. The van der Waals surface area contributed by atoms with Gasteiger partial charge in [-0.25, -0.2) is 28.6 Å². The van der Waals surface area contributed by atoms with Crippen LogP contribution in [-0.4, -0.2) is 70.2 Å². The molecule has 6 N–H and O–H groups in total. The molecule has 18 heteroatoms. The van der Waals surface area contributed by atoms with Crippen LogP contribution in [0.2, 0.25) is 0 Å². The summed E-state index contributed by atoms with van der Waals surface area (Å²) < 4.78 is 33.6. The second-order valence-electron chi connectivity index (χ2n) is 7.66. The molecule has 194 valence electrons. The minimum Gasteiger partial charge on any atom is -0.451 e. The minimum atomic E-state index is -5.03. The molecule has 36 heavy (non-hydrogen) atoms. The third-order valence-electron chi connectivity index (χ3n) is 5.19. The zero-order valence-corrected chi connectivity index (χ0v) is 21.0. The Morgan fingerprint density at radius 3 is 2.67 bits per heavy atom. The number of hydrogen-bond acceptors (Lipinski definition) is 12. The molecule has 1 aliphatic heterocycles. The summed E-state index contributed by atoms with van der Waals surface area (Å²) in [6.07, 6.45) is -3.03. The minimum absolute atomic E-state index is 0.0766. The summed E-state index contributed by atoms with van der Waals surface area (Å²) in [6, 6.07) is 6.64. The van der Waals surface area contributed by atoms with Crippen LogP contribution in [0.1, 0.15) is 22.1 Å². The number of phosphoric acid groups is 1. The van der Waals surface area contributed by atoms with Crippen molar-refractivity contribution in [3.8, 4) is 0 Å². The van der Waals surface area contributed by atoms with Crippen molar-refractivity contribution in [2.45, 2.75) is 31.5 Å². The Balaban J connectivity index is 1.63. The second-order valence-corrected chi connectivity index (χ2v) is 11.9. The maximum atomic E-state index is 12.9. The van der Waals surface area contributed by atoms with Crippen LogP contribution in [0.15, 0.2) is 36.9 Å². The largest absolute Gasteiger partial charge is 0.479 e. The number of nitrogens with two attached hydrogens (primary N) is 1. The number of rotatable bonds is 8. The predicted octanol–water partition coefficient (Wildman–Crippen LogP) is 0.544. The van der Waals surface area contributed by atoms with Gasteiger partial charge in [0.2, 0.25) is 0 Å². The van der Waals surface area contributed by atoms with Crippen molar-refractivity contribution >= 4 is 49.3 Å². The number of carbonyl (C=O) groups is 1. The van der Waals surface area contributed by atoms with Gasteiger partial charge in [-0.2, -0.15) is 0 Å². The average Bonchev–Trinajstić information content (AvgIpc) is 3.33. The molecule has 0 saturated carbocycles. The standard InChI is InChI=1S/C18H21N5O10P2S/c1-9-4-2-3-5-10(9)18(25)32-14-13(24)11(6-30-34(26,27)33-35(28,29)36)31-17(14)23-8-22-12-15(19)20-7-21-16(12)23/h2-5,7-8,11,13-14,17,24H,6H2,1H3,(H,26,27)(H2,19,20,21)(H2,28,29,36)/t11-,13-,14-,17-/m1/s1. The van der Waals surface area contributed by atoms with Gasteiger partial charge in [0.15, 0.2) is 23.8 Å². The summed E-state index contributed by atoms with van der Waals surface area (Å²) in [5.74, 6) is -0.684. The van der Waals surface area contributed by atoms with Gasteiger partial charge in [-0.1, -0.05) is 18.2 Å². The SMILES string of the molecule is Cc1ccccc1C(=O)O[C@@H]1[C@H](O)[C@@H](COP(=O)(O)OP(O)(O)=S)O[C@H]1n1cnc2c(N)ncnc21. The smallest absolute Gasteiger partial charge is 0.451 e. The number of aromatic nitrogens is 4. The van der Waals surface area contributed by atoms with Gasteiger partial charge in [0.05, 0.1) is 18.5 Å². The quantitative estimate of drug-likeness (QED) is 0.187. The molecule has 0 bridgehead atoms. The third-order valence-corrected chi connectivity index (χ3v) is 7.95. The number of hydrogen-bond donors (Lipinski definition) is 5. The van der Waals surface area contributed by atoms with E-state index < -0.39 is 51.7 Å². The van der Waals surface area contributed by atoms with Gasteiger partial charge in [-0.05, 0) is 30.4 Å². The van der Waals surface area contributed by atoms with E-state index in [2.05, 4.69) is 31.1 Å². The lowest BCUT2D eigenvalue weighted by Crippen LogP contribution is -2.37. The number of aryl methyl sites for hydroxylation is 1. The molecule has 1 unspecified atom stereocenters. The first-order chi connectivity index (χ1) is 16.9. The van der Waals surface area contributed by atoms with Crippen molar-refractivity contribution in [3.63, 3.8) is 0 Å². The summed E-state index contributed by atoms with van der Waals surface area (Å²) in [7, 11) is -5.03. The highest BCUT2D eigenvalue weighted by molar-refractivity contribution is 8.08. The van der Waals surface area contributed by atoms with E-state index in [0.717, 1.165) is 0 Å². The van der Waals surface area contributed by atoms with Gasteiger partial charge >= 0.3 is 20.5 Å². The molecule has 0 amide bonds. The van der Waals surface area contributed by atoms with Crippen LogP contribution in [0.3, 0.4) is 0 Å². The van der Waals surface area contributed by atoms with Gasteiger partial charge in [-0.3, -0.25) is 9.09 Å². The van der Waals surface area contributed by atoms with E-state index in [1.54, 1.807) is 31.2 Å². The van der Waals surface area contributed by atoms with Gasteiger partial charge in [-0.15, -0.1) is 0 Å². The lowest BCUT2D eigenvalue weighted by Gasteiger charge is -2.22. The normalized spacial score (nSPS) is 24.0. The topological polar surface area (TPSA) is 222 Å². The van der Waals surface area contributed by atoms with Crippen LogP contribution < -0.4 is 5.73 Å². The summed E-state index contributed by atoms with van der Waals surface area (Å²) in [4.78, 5) is 53.0. The van der Waals surface area contributed by atoms with Crippen LogP contribution >= 0.6 is 14.5 Å². The highest BCUT2D eigenvalue weighted by atomic mass is 32.5. The van der Waals surface area contributed by atoms with Gasteiger partial charge in [0.1, 0.15) is 24.1 Å². The van der Waals surface area contributed by atoms with E-state index in [1.807, 2.05) is 0 Å². The predicted molar refractivity (Wildman–Crippen MR) is 126 cm³/mol. The number of benzene rings is 1. The van der Waals surface area contributed by atoms with Gasteiger partial charge in [0, 0.05) is 0 Å². The molecule has 15 nitrogen and oxygen atoms in total. The summed E-state index contributed by atoms with van der Waals surface area (Å²) in [5, 5.41) is 10.9. The molecular formula is C18H21N5O10P2S. The van der Waals surface area contributed by atoms with Gasteiger partial charge in [0.25, 0.3) is 0 Å². The third kappa shape index (κ3) is 5.79. The molecule has 0 radical (unpaired) electrons. The molecule has 1 aromatic carbocycles. The molecule has 1 saturated heterocycles. The summed E-state index contributed by atoms with van der Waals surface area (Å²) in [5.41, 5.74) is 7.14. The first-order valence-electron chi connectivity index (χ1n) is 10.1. The Morgan fingerprint density at radius 1 is 1.25 bits per heavy atom.